The first kappa shape index (κ1) is 16.5. The molecule has 0 aromatic carbocycles. The van der Waals surface area contributed by atoms with E-state index in [1.165, 1.54) is 5.56 Å². The average Bonchev–Trinajstić information content (AvgIpc) is 3.07. The van der Waals surface area contributed by atoms with Crippen molar-refractivity contribution in [1.29, 1.82) is 0 Å². The molecule has 0 unspecified atom stereocenters. The fraction of sp³-hybridized carbons (Fsp3) is 0.706. The van der Waals surface area contributed by atoms with Crippen LogP contribution in [0.15, 0.2) is 23.0 Å². The van der Waals surface area contributed by atoms with Gasteiger partial charge in [-0.15, -0.1) is 0 Å². The lowest BCUT2D eigenvalue weighted by atomic mass is 9.83. The van der Waals surface area contributed by atoms with Gasteiger partial charge in [0.15, 0.2) is 0 Å². The first-order valence-electron chi connectivity index (χ1n) is 8.38. The number of furan rings is 1. The van der Waals surface area contributed by atoms with Gasteiger partial charge in [0.05, 0.1) is 37.8 Å². The lowest BCUT2D eigenvalue weighted by Crippen LogP contribution is -2.50. The second kappa shape index (κ2) is 7.95. The third-order valence-corrected chi connectivity index (χ3v) is 4.81. The maximum Gasteiger partial charge on any atom is 0.225 e. The molecule has 2 fully saturated rings. The fourth-order valence-corrected chi connectivity index (χ4v) is 3.59. The average molecular weight is 322 g/mol. The van der Waals surface area contributed by atoms with E-state index in [1.54, 1.807) is 19.6 Å². The summed E-state index contributed by atoms with van der Waals surface area (Å²) < 4.78 is 16.1. The minimum absolute atomic E-state index is 0.0398. The van der Waals surface area contributed by atoms with Crippen molar-refractivity contribution in [2.45, 2.75) is 25.5 Å². The summed E-state index contributed by atoms with van der Waals surface area (Å²) in [5, 5.41) is 2.93. The number of hydrogen-bond donors (Lipinski definition) is 1. The summed E-state index contributed by atoms with van der Waals surface area (Å²) in [5.74, 6) is 0.483. The molecule has 2 aliphatic rings. The van der Waals surface area contributed by atoms with E-state index >= 15 is 0 Å². The van der Waals surface area contributed by atoms with Crippen LogP contribution in [0.3, 0.4) is 0 Å². The molecule has 1 aromatic heterocycles. The molecule has 3 rings (SSSR count). The van der Waals surface area contributed by atoms with E-state index in [-0.39, 0.29) is 11.8 Å². The SMILES string of the molecule is COCCNC(=O)[C@H]1CO[C@H]2CCN(Cc3ccoc3)C[C@H]2C1. The summed E-state index contributed by atoms with van der Waals surface area (Å²) in [6.45, 7) is 4.58. The van der Waals surface area contributed by atoms with E-state index < -0.39 is 0 Å². The van der Waals surface area contributed by atoms with Crippen LogP contribution in [0.1, 0.15) is 18.4 Å². The Morgan fingerprint density at radius 2 is 2.43 bits per heavy atom. The number of carbonyl (C=O) groups is 1. The Balaban J connectivity index is 1.50. The molecule has 1 amide bonds. The summed E-state index contributed by atoms with van der Waals surface area (Å²) in [7, 11) is 1.64. The van der Waals surface area contributed by atoms with E-state index in [0.29, 0.717) is 31.8 Å². The maximum absolute atomic E-state index is 12.2. The summed E-state index contributed by atoms with van der Waals surface area (Å²) >= 11 is 0. The van der Waals surface area contributed by atoms with Crippen LogP contribution in [0.2, 0.25) is 0 Å². The molecule has 3 atom stereocenters. The molecule has 3 heterocycles. The zero-order valence-electron chi connectivity index (χ0n) is 13.7. The van der Waals surface area contributed by atoms with Gasteiger partial charge in [-0.3, -0.25) is 9.69 Å². The predicted molar refractivity (Wildman–Crippen MR) is 84.8 cm³/mol. The van der Waals surface area contributed by atoms with Gasteiger partial charge in [-0.05, 0) is 24.8 Å². The van der Waals surface area contributed by atoms with Gasteiger partial charge in [0, 0.05) is 38.9 Å². The molecule has 2 saturated heterocycles. The zero-order valence-corrected chi connectivity index (χ0v) is 13.7. The highest BCUT2D eigenvalue weighted by atomic mass is 16.5. The summed E-state index contributed by atoms with van der Waals surface area (Å²) in [6, 6.07) is 2.01. The van der Waals surface area contributed by atoms with E-state index in [9.17, 15) is 4.79 Å². The van der Waals surface area contributed by atoms with Gasteiger partial charge in [0.1, 0.15) is 0 Å². The number of fused-ring (bicyclic) bond motifs is 1. The van der Waals surface area contributed by atoms with Gasteiger partial charge in [-0.25, -0.2) is 0 Å². The monoisotopic (exact) mass is 322 g/mol. The first-order chi connectivity index (χ1) is 11.3. The number of nitrogens with one attached hydrogen (secondary N) is 1. The molecule has 6 heteroatoms. The number of piperidine rings is 1. The van der Waals surface area contributed by atoms with Crippen LogP contribution in [0, 0.1) is 11.8 Å². The van der Waals surface area contributed by atoms with E-state index in [0.717, 1.165) is 32.5 Å². The minimum atomic E-state index is -0.0398. The maximum atomic E-state index is 12.2. The van der Waals surface area contributed by atoms with Crippen molar-refractivity contribution in [3.63, 3.8) is 0 Å². The third-order valence-electron chi connectivity index (χ3n) is 4.81. The van der Waals surface area contributed by atoms with E-state index in [2.05, 4.69) is 10.2 Å². The number of hydrogen-bond acceptors (Lipinski definition) is 5. The van der Waals surface area contributed by atoms with Gasteiger partial charge in [0.25, 0.3) is 0 Å². The quantitative estimate of drug-likeness (QED) is 0.799. The second-order valence-corrected chi connectivity index (χ2v) is 6.50. The molecule has 0 saturated carbocycles. The van der Waals surface area contributed by atoms with E-state index in [1.807, 2.05) is 6.07 Å². The van der Waals surface area contributed by atoms with Crippen molar-refractivity contribution < 1.29 is 18.7 Å². The van der Waals surface area contributed by atoms with Crippen LogP contribution in [0.25, 0.3) is 0 Å². The zero-order chi connectivity index (χ0) is 16.1. The predicted octanol–water partition coefficient (Wildman–Crippen LogP) is 1.27. The highest BCUT2D eigenvalue weighted by molar-refractivity contribution is 5.78. The summed E-state index contributed by atoms with van der Waals surface area (Å²) in [6.07, 6.45) is 5.77. The third kappa shape index (κ3) is 4.34. The summed E-state index contributed by atoms with van der Waals surface area (Å²) in [4.78, 5) is 14.6. The molecule has 0 aliphatic carbocycles. The Kier molecular flexibility index (Phi) is 5.70. The molecule has 23 heavy (non-hydrogen) atoms. The van der Waals surface area contributed by atoms with E-state index in [4.69, 9.17) is 13.9 Å². The lowest BCUT2D eigenvalue weighted by molar-refractivity contribution is -0.139. The number of likely N-dealkylation sites (tertiary alicyclic amines) is 1. The smallest absolute Gasteiger partial charge is 0.225 e. The topological polar surface area (TPSA) is 63.9 Å². The highest BCUT2D eigenvalue weighted by Crippen LogP contribution is 2.32. The van der Waals surface area contributed by atoms with Crippen LogP contribution in [-0.2, 0) is 20.8 Å². The molecule has 0 radical (unpaired) electrons. The van der Waals surface area contributed by atoms with Crippen LogP contribution >= 0.6 is 0 Å². The molecule has 0 spiro atoms. The van der Waals surface area contributed by atoms with Crippen molar-refractivity contribution in [3.8, 4) is 0 Å². The van der Waals surface area contributed by atoms with Crippen molar-refractivity contribution >= 4 is 5.91 Å². The number of methoxy groups -OCH3 is 1. The molecule has 128 valence electrons. The van der Waals surface area contributed by atoms with Crippen molar-refractivity contribution in [2.24, 2.45) is 11.8 Å². The second-order valence-electron chi connectivity index (χ2n) is 6.50. The Labute approximate surface area is 137 Å². The van der Waals surface area contributed by atoms with Crippen LogP contribution in [0.5, 0.6) is 0 Å². The first-order valence-corrected chi connectivity index (χ1v) is 8.38. The number of ether oxygens (including phenoxy) is 2. The number of nitrogens with zero attached hydrogens (tertiary/aromatic N) is 1. The molecule has 1 aromatic rings. The highest BCUT2D eigenvalue weighted by Gasteiger charge is 2.38. The molecular formula is C17H26N2O4. The fourth-order valence-electron chi connectivity index (χ4n) is 3.59. The Hall–Kier alpha value is -1.37. The lowest BCUT2D eigenvalue weighted by Gasteiger charge is -2.43. The molecule has 2 aliphatic heterocycles. The molecule has 6 nitrogen and oxygen atoms in total. The molecule has 1 N–H and O–H groups in total. The van der Waals surface area contributed by atoms with Gasteiger partial charge >= 0.3 is 0 Å². The number of carbonyl (C=O) groups excluding carboxylic acids is 1. The van der Waals surface area contributed by atoms with Crippen molar-refractivity contribution in [1.82, 2.24) is 10.2 Å². The Bertz CT molecular complexity index is 491. The minimum Gasteiger partial charge on any atom is -0.472 e. The largest absolute Gasteiger partial charge is 0.472 e. The summed E-state index contributed by atoms with van der Waals surface area (Å²) in [5.41, 5.74) is 1.20. The van der Waals surface area contributed by atoms with Gasteiger partial charge in [-0.1, -0.05) is 0 Å². The van der Waals surface area contributed by atoms with Gasteiger partial charge < -0.3 is 19.2 Å². The Morgan fingerprint density at radius 1 is 1.52 bits per heavy atom. The standard InChI is InChI=1S/C17H26N2O4/c1-21-7-4-18-17(20)15-8-14-10-19(5-2-16(14)23-12-15)9-13-3-6-22-11-13/h3,6,11,14-16H,2,4-5,7-10,12H2,1H3,(H,18,20)/t14-,15-,16+/m1/s1. The van der Waals surface area contributed by atoms with Crippen LogP contribution in [-0.4, -0.2) is 56.9 Å². The molecular weight excluding hydrogens is 296 g/mol. The van der Waals surface area contributed by atoms with Crippen molar-refractivity contribution in [2.75, 3.05) is 40.0 Å². The van der Waals surface area contributed by atoms with Gasteiger partial charge in [0.2, 0.25) is 5.91 Å². The normalized spacial score (nSPS) is 28.3. The number of amides is 1. The molecule has 0 bridgehead atoms. The van der Waals surface area contributed by atoms with Gasteiger partial charge in [-0.2, -0.15) is 0 Å². The Morgan fingerprint density at radius 3 is 3.22 bits per heavy atom. The van der Waals surface area contributed by atoms with Crippen molar-refractivity contribution in [3.05, 3.63) is 24.2 Å². The van der Waals surface area contributed by atoms with Crippen LogP contribution in [0.4, 0.5) is 0 Å². The van der Waals surface area contributed by atoms with Crippen LogP contribution < -0.4 is 5.32 Å². The number of rotatable bonds is 6.